The summed E-state index contributed by atoms with van der Waals surface area (Å²) < 4.78 is 5.76. The molecule has 0 aliphatic carbocycles. The van der Waals surface area contributed by atoms with Crippen molar-refractivity contribution in [2.24, 2.45) is 0 Å². The average molecular weight is 304 g/mol. The Morgan fingerprint density at radius 1 is 1.24 bits per heavy atom. The molecule has 1 heterocycles. The molecule has 4 heteroatoms. The topological polar surface area (TPSA) is 34.1 Å². The zero-order valence-electron chi connectivity index (χ0n) is 13.1. The molecule has 3 nitrogen and oxygen atoms in total. The van der Waals surface area contributed by atoms with E-state index in [1.807, 2.05) is 0 Å². The van der Waals surface area contributed by atoms with Gasteiger partial charge in [-0.05, 0) is 25.8 Å². The highest BCUT2D eigenvalue weighted by Crippen LogP contribution is 2.23. The van der Waals surface area contributed by atoms with Crippen LogP contribution in [0.5, 0.6) is 0 Å². The fourth-order valence-electron chi connectivity index (χ4n) is 2.13. The van der Waals surface area contributed by atoms with Gasteiger partial charge in [0.2, 0.25) is 0 Å². The number of ether oxygens (including phenoxy) is 1. The molecule has 0 amide bonds. The Bertz CT molecular complexity index is 519. The Balaban J connectivity index is 1.98. The molecule has 0 aliphatic heterocycles. The van der Waals surface area contributed by atoms with Gasteiger partial charge in [-0.15, -0.1) is 11.3 Å². The highest BCUT2D eigenvalue weighted by molar-refractivity contribution is 7.15. The van der Waals surface area contributed by atoms with E-state index in [4.69, 9.17) is 4.74 Å². The van der Waals surface area contributed by atoms with Gasteiger partial charge in [-0.25, -0.2) is 4.98 Å². The van der Waals surface area contributed by atoms with E-state index in [-0.39, 0.29) is 0 Å². The maximum absolute atomic E-state index is 5.76. The number of hydrogen-bond acceptors (Lipinski definition) is 4. The summed E-state index contributed by atoms with van der Waals surface area (Å²) in [4.78, 5) is 5.81. The van der Waals surface area contributed by atoms with Crippen LogP contribution in [0.25, 0.3) is 0 Å². The van der Waals surface area contributed by atoms with Crippen molar-refractivity contribution in [3.8, 4) is 0 Å². The molecule has 2 aromatic rings. The van der Waals surface area contributed by atoms with Gasteiger partial charge in [0.1, 0.15) is 0 Å². The van der Waals surface area contributed by atoms with Crippen molar-refractivity contribution in [3.05, 3.63) is 46.5 Å². The van der Waals surface area contributed by atoms with Crippen molar-refractivity contribution in [2.45, 2.75) is 33.1 Å². The number of benzene rings is 1. The van der Waals surface area contributed by atoms with Gasteiger partial charge < -0.3 is 10.1 Å². The lowest BCUT2D eigenvalue weighted by Gasteiger charge is -2.18. The first-order valence-corrected chi connectivity index (χ1v) is 8.33. The molecule has 2 rings (SSSR count). The second-order valence-corrected chi connectivity index (χ2v) is 6.43. The largest absolute Gasteiger partial charge is 0.381 e. The summed E-state index contributed by atoms with van der Waals surface area (Å²) in [6.07, 6.45) is 1.06. The number of aromatic nitrogens is 1. The minimum Gasteiger partial charge on any atom is -0.381 e. The van der Waals surface area contributed by atoms with Crippen LogP contribution < -0.4 is 5.32 Å². The summed E-state index contributed by atoms with van der Waals surface area (Å²) in [7, 11) is 0. The van der Waals surface area contributed by atoms with Crippen molar-refractivity contribution < 1.29 is 4.74 Å². The number of aryl methyl sites for hydroxylation is 2. The summed E-state index contributed by atoms with van der Waals surface area (Å²) in [5.74, 6) is 0.349. The summed E-state index contributed by atoms with van der Waals surface area (Å²) in [6.45, 7) is 8.71. The third kappa shape index (κ3) is 4.83. The van der Waals surface area contributed by atoms with E-state index in [2.05, 4.69) is 61.4 Å². The average Bonchev–Trinajstić information content (AvgIpc) is 2.82. The number of thiazole rings is 1. The van der Waals surface area contributed by atoms with E-state index in [0.717, 1.165) is 37.0 Å². The zero-order chi connectivity index (χ0) is 15.1. The molecule has 0 saturated heterocycles. The summed E-state index contributed by atoms with van der Waals surface area (Å²) >= 11 is 1.72. The normalized spacial score (nSPS) is 12.3. The molecule has 114 valence electrons. The number of anilines is 1. The second kappa shape index (κ2) is 8.15. The van der Waals surface area contributed by atoms with Gasteiger partial charge in [0, 0.05) is 23.9 Å². The number of nitrogens with one attached hydrogen (secondary N) is 1. The molecular formula is C17H24N2OS. The first-order chi connectivity index (χ1) is 10.2. The summed E-state index contributed by atoms with van der Waals surface area (Å²) in [6, 6.07) is 10.5. The van der Waals surface area contributed by atoms with Crippen LogP contribution in [0.15, 0.2) is 30.3 Å². The van der Waals surface area contributed by atoms with Gasteiger partial charge in [0.05, 0.1) is 12.3 Å². The Morgan fingerprint density at radius 3 is 2.62 bits per heavy atom. The highest BCUT2D eigenvalue weighted by atomic mass is 32.1. The van der Waals surface area contributed by atoms with Crippen molar-refractivity contribution in [3.63, 3.8) is 0 Å². The van der Waals surface area contributed by atoms with Crippen LogP contribution in [0.3, 0.4) is 0 Å². The maximum Gasteiger partial charge on any atom is 0.183 e. The fraction of sp³-hybridized carbons (Fsp3) is 0.471. The van der Waals surface area contributed by atoms with Crippen LogP contribution in [0, 0.1) is 13.8 Å². The standard InChI is InChI=1S/C17H24N2OS/c1-4-10-20-12-16(15-8-6-5-7-9-15)11-18-17-19-13(2)14(3)21-17/h5-9,16H,4,10-12H2,1-3H3,(H,18,19). The fourth-order valence-corrected chi connectivity index (χ4v) is 2.95. The number of rotatable bonds is 8. The van der Waals surface area contributed by atoms with E-state index in [1.165, 1.54) is 10.4 Å². The van der Waals surface area contributed by atoms with Crippen molar-refractivity contribution in [1.29, 1.82) is 0 Å². The van der Waals surface area contributed by atoms with E-state index in [1.54, 1.807) is 11.3 Å². The van der Waals surface area contributed by atoms with Crippen LogP contribution in [-0.2, 0) is 4.74 Å². The van der Waals surface area contributed by atoms with E-state index in [0.29, 0.717) is 5.92 Å². The zero-order valence-corrected chi connectivity index (χ0v) is 13.9. The molecule has 1 N–H and O–H groups in total. The van der Waals surface area contributed by atoms with Gasteiger partial charge in [-0.1, -0.05) is 37.3 Å². The molecule has 0 fully saturated rings. The third-order valence-electron chi connectivity index (χ3n) is 3.47. The highest BCUT2D eigenvalue weighted by Gasteiger charge is 2.13. The predicted octanol–water partition coefficient (Wildman–Crippen LogP) is 4.38. The van der Waals surface area contributed by atoms with Crippen molar-refractivity contribution in [2.75, 3.05) is 25.1 Å². The molecule has 1 atom stereocenters. The Hall–Kier alpha value is -1.39. The van der Waals surface area contributed by atoms with E-state index in [9.17, 15) is 0 Å². The SMILES string of the molecule is CCCOCC(CNc1nc(C)c(C)s1)c1ccccc1. The number of hydrogen-bond donors (Lipinski definition) is 1. The van der Waals surface area contributed by atoms with Crippen molar-refractivity contribution in [1.82, 2.24) is 4.98 Å². The minimum atomic E-state index is 0.349. The first-order valence-electron chi connectivity index (χ1n) is 7.51. The second-order valence-electron chi connectivity index (χ2n) is 5.22. The number of nitrogens with zero attached hydrogens (tertiary/aromatic N) is 1. The van der Waals surface area contributed by atoms with Crippen LogP contribution in [0.1, 0.15) is 35.4 Å². The lowest BCUT2D eigenvalue weighted by molar-refractivity contribution is 0.123. The maximum atomic E-state index is 5.76. The van der Waals surface area contributed by atoms with Gasteiger partial charge in [0.25, 0.3) is 0 Å². The Kier molecular flexibility index (Phi) is 6.21. The molecular weight excluding hydrogens is 280 g/mol. The van der Waals surface area contributed by atoms with Crippen LogP contribution in [0.2, 0.25) is 0 Å². The first kappa shape index (κ1) is 16.0. The smallest absolute Gasteiger partial charge is 0.183 e. The molecule has 0 radical (unpaired) electrons. The van der Waals surface area contributed by atoms with Crippen LogP contribution in [0.4, 0.5) is 5.13 Å². The quantitative estimate of drug-likeness (QED) is 0.735. The Labute approximate surface area is 131 Å². The lowest BCUT2D eigenvalue weighted by atomic mass is 10.0. The van der Waals surface area contributed by atoms with Crippen molar-refractivity contribution >= 4 is 16.5 Å². The molecule has 0 aliphatic rings. The lowest BCUT2D eigenvalue weighted by Crippen LogP contribution is -2.18. The van der Waals surface area contributed by atoms with Gasteiger partial charge in [-0.2, -0.15) is 0 Å². The van der Waals surface area contributed by atoms with E-state index >= 15 is 0 Å². The molecule has 1 aromatic carbocycles. The van der Waals surface area contributed by atoms with E-state index < -0.39 is 0 Å². The monoisotopic (exact) mass is 304 g/mol. The molecule has 0 saturated carbocycles. The molecule has 1 aromatic heterocycles. The molecule has 1 unspecified atom stereocenters. The molecule has 0 spiro atoms. The van der Waals surface area contributed by atoms with Crippen LogP contribution in [-0.4, -0.2) is 24.7 Å². The van der Waals surface area contributed by atoms with Gasteiger partial charge in [-0.3, -0.25) is 0 Å². The van der Waals surface area contributed by atoms with Gasteiger partial charge in [0.15, 0.2) is 5.13 Å². The van der Waals surface area contributed by atoms with Crippen LogP contribution >= 0.6 is 11.3 Å². The Morgan fingerprint density at radius 2 is 2.00 bits per heavy atom. The molecule has 0 bridgehead atoms. The summed E-state index contributed by atoms with van der Waals surface area (Å²) in [5, 5.41) is 4.46. The summed E-state index contributed by atoms with van der Waals surface area (Å²) in [5.41, 5.74) is 2.42. The molecule has 21 heavy (non-hydrogen) atoms. The van der Waals surface area contributed by atoms with Gasteiger partial charge >= 0.3 is 0 Å². The predicted molar refractivity (Wildman–Crippen MR) is 90.4 cm³/mol. The third-order valence-corrected chi connectivity index (χ3v) is 4.50. The minimum absolute atomic E-state index is 0.349.